The van der Waals surface area contributed by atoms with Crippen molar-refractivity contribution >= 4 is 35.1 Å². The molecule has 1 aromatic heterocycles. The largest absolute Gasteiger partial charge is 0.480 e. The lowest BCUT2D eigenvalue weighted by Crippen LogP contribution is -2.42. The van der Waals surface area contributed by atoms with Gasteiger partial charge in [-0.15, -0.1) is 0 Å². The van der Waals surface area contributed by atoms with Crippen molar-refractivity contribution in [2.45, 2.75) is 12.5 Å². The minimum absolute atomic E-state index is 0.0996. The van der Waals surface area contributed by atoms with Crippen LogP contribution >= 0.6 is 23.2 Å². The van der Waals surface area contributed by atoms with Crippen LogP contribution in [0.2, 0.25) is 10.0 Å². The molecule has 0 aliphatic rings. The van der Waals surface area contributed by atoms with Crippen LogP contribution in [0.4, 0.5) is 0 Å². The van der Waals surface area contributed by atoms with E-state index in [0.717, 1.165) is 0 Å². The molecule has 0 saturated heterocycles. The first-order chi connectivity index (χ1) is 9.97. The van der Waals surface area contributed by atoms with Crippen molar-refractivity contribution in [2.75, 3.05) is 0 Å². The van der Waals surface area contributed by atoms with Crippen LogP contribution in [0, 0.1) is 0 Å². The molecule has 0 spiro atoms. The lowest BCUT2D eigenvalue weighted by molar-refractivity contribution is -0.139. The van der Waals surface area contributed by atoms with Crippen molar-refractivity contribution in [2.24, 2.45) is 0 Å². The molecule has 1 unspecified atom stereocenters. The Morgan fingerprint density at radius 2 is 2.10 bits per heavy atom. The minimum Gasteiger partial charge on any atom is -0.480 e. The third-order valence-electron chi connectivity index (χ3n) is 2.76. The van der Waals surface area contributed by atoms with E-state index in [-0.39, 0.29) is 17.0 Å². The zero-order valence-corrected chi connectivity index (χ0v) is 12.1. The summed E-state index contributed by atoms with van der Waals surface area (Å²) in [6, 6.07) is 3.25. The monoisotopic (exact) mass is 327 g/mol. The molecule has 0 bridgehead atoms. The van der Waals surface area contributed by atoms with Crippen LogP contribution in [-0.4, -0.2) is 33.0 Å². The number of hydrogen-bond donors (Lipinski definition) is 3. The molecule has 2 rings (SSSR count). The van der Waals surface area contributed by atoms with Crippen molar-refractivity contribution < 1.29 is 14.7 Å². The molecule has 1 amide bonds. The third kappa shape index (κ3) is 3.96. The van der Waals surface area contributed by atoms with E-state index < -0.39 is 17.9 Å². The fourth-order valence-corrected chi connectivity index (χ4v) is 1.99. The third-order valence-corrected chi connectivity index (χ3v) is 3.50. The van der Waals surface area contributed by atoms with E-state index in [1.165, 1.54) is 30.7 Å². The van der Waals surface area contributed by atoms with Crippen LogP contribution in [0.1, 0.15) is 16.1 Å². The normalized spacial score (nSPS) is 11.9. The Morgan fingerprint density at radius 3 is 2.67 bits per heavy atom. The van der Waals surface area contributed by atoms with E-state index >= 15 is 0 Å². The van der Waals surface area contributed by atoms with E-state index in [2.05, 4.69) is 15.3 Å². The molecule has 2 aromatic rings. The predicted molar refractivity (Wildman–Crippen MR) is 77.6 cm³/mol. The molecule has 1 heterocycles. The summed E-state index contributed by atoms with van der Waals surface area (Å²) in [6.45, 7) is 0. The maximum Gasteiger partial charge on any atom is 0.326 e. The number of imidazole rings is 1. The number of aromatic nitrogens is 2. The van der Waals surface area contributed by atoms with Gasteiger partial charge in [0.25, 0.3) is 5.91 Å². The van der Waals surface area contributed by atoms with Crippen LogP contribution in [0.25, 0.3) is 0 Å². The Hall–Kier alpha value is -2.05. The van der Waals surface area contributed by atoms with E-state index in [9.17, 15) is 14.7 Å². The lowest BCUT2D eigenvalue weighted by atomic mass is 10.1. The highest BCUT2D eigenvalue weighted by atomic mass is 35.5. The van der Waals surface area contributed by atoms with Crippen LogP contribution < -0.4 is 5.32 Å². The topological polar surface area (TPSA) is 95.1 Å². The summed E-state index contributed by atoms with van der Waals surface area (Å²) >= 11 is 11.6. The van der Waals surface area contributed by atoms with Crippen LogP contribution in [0.5, 0.6) is 0 Å². The molecule has 1 atom stereocenters. The number of halogens is 2. The van der Waals surface area contributed by atoms with Crippen molar-refractivity contribution in [3.8, 4) is 0 Å². The number of aliphatic carboxylic acids is 1. The van der Waals surface area contributed by atoms with Gasteiger partial charge < -0.3 is 15.4 Å². The first kappa shape index (κ1) is 15.3. The van der Waals surface area contributed by atoms with Gasteiger partial charge in [0, 0.05) is 23.9 Å². The van der Waals surface area contributed by atoms with Gasteiger partial charge >= 0.3 is 5.97 Å². The molecule has 0 radical (unpaired) electrons. The molecule has 0 saturated carbocycles. The second-order valence-corrected chi connectivity index (χ2v) is 5.09. The minimum atomic E-state index is -1.14. The number of nitrogens with one attached hydrogen (secondary N) is 2. The number of carbonyl (C=O) groups is 2. The second kappa shape index (κ2) is 6.60. The Morgan fingerprint density at radius 1 is 1.33 bits per heavy atom. The highest BCUT2D eigenvalue weighted by Crippen LogP contribution is 2.22. The van der Waals surface area contributed by atoms with Gasteiger partial charge in [-0.3, -0.25) is 4.79 Å². The molecule has 0 aliphatic carbocycles. The number of hydrogen-bond acceptors (Lipinski definition) is 3. The fourth-order valence-electron chi connectivity index (χ4n) is 1.70. The zero-order valence-electron chi connectivity index (χ0n) is 10.6. The van der Waals surface area contributed by atoms with E-state index in [4.69, 9.17) is 23.2 Å². The summed E-state index contributed by atoms with van der Waals surface area (Å²) in [5.74, 6) is -1.68. The summed E-state index contributed by atoms with van der Waals surface area (Å²) < 4.78 is 0. The van der Waals surface area contributed by atoms with Gasteiger partial charge in [0.05, 0.1) is 16.4 Å². The number of rotatable bonds is 5. The van der Waals surface area contributed by atoms with E-state index in [1.807, 2.05) is 0 Å². The van der Waals surface area contributed by atoms with Crippen molar-refractivity contribution in [3.63, 3.8) is 0 Å². The van der Waals surface area contributed by atoms with Gasteiger partial charge in [0.2, 0.25) is 0 Å². The van der Waals surface area contributed by atoms with Crippen molar-refractivity contribution in [1.29, 1.82) is 0 Å². The smallest absolute Gasteiger partial charge is 0.326 e. The number of carbonyl (C=O) groups excluding carboxylic acids is 1. The summed E-state index contributed by atoms with van der Waals surface area (Å²) in [5, 5.41) is 12.1. The van der Waals surface area contributed by atoms with E-state index in [0.29, 0.717) is 10.7 Å². The number of carboxylic acids is 1. The van der Waals surface area contributed by atoms with Gasteiger partial charge in [-0.1, -0.05) is 23.2 Å². The molecular formula is C13H11Cl2N3O3. The molecule has 110 valence electrons. The molecule has 8 heteroatoms. The number of amides is 1. The van der Waals surface area contributed by atoms with Gasteiger partial charge in [0.15, 0.2) is 0 Å². The van der Waals surface area contributed by atoms with Gasteiger partial charge in [-0.25, -0.2) is 9.78 Å². The molecule has 6 nitrogen and oxygen atoms in total. The van der Waals surface area contributed by atoms with Gasteiger partial charge in [0.1, 0.15) is 6.04 Å². The van der Waals surface area contributed by atoms with E-state index in [1.54, 1.807) is 0 Å². The summed E-state index contributed by atoms with van der Waals surface area (Å²) in [5.41, 5.74) is 0.845. The average molecular weight is 328 g/mol. The van der Waals surface area contributed by atoms with Crippen LogP contribution in [-0.2, 0) is 11.2 Å². The molecule has 21 heavy (non-hydrogen) atoms. The van der Waals surface area contributed by atoms with Crippen LogP contribution in [0.15, 0.2) is 30.7 Å². The fraction of sp³-hybridized carbons (Fsp3) is 0.154. The predicted octanol–water partition coefficient (Wildman–Crippen LogP) is 2.14. The number of carboxylic acid groups (broad SMARTS) is 1. The maximum absolute atomic E-state index is 12.0. The quantitative estimate of drug-likeness (QED) is 0.784. The summed E-state index contributed by atoms with van der Waals surface area (Å²) in [4.78, 5) is 29.9. The number of nitrogens with zero attached hydrogens (tertiary/aromatic N) is 1. The summed E-state index contributed by atoms with van der Waals surface area (Å²) in [6.07, 6.45) is 3.04. The second-order valence-electron chi connectivity index (χ2n) is 4.27. The van der Waals surface area contributed by atoms with Crippen molar-refractivity contribution in [3.05, 3.63) is 52.0 Å². The highest BCUT2D eigenvalue weighted by Gasteiger charge is 2.22. The zero-order chi connectivity index (χ0) is 15.4. The molecular weight excluding hydrogens is 317 g/mol. The first-order valence-electron chi connectivity index (χ1n) is 5.93. The maximum atomic E-state index is 12.0. The Balaban J connectivity index is 2.10. The SMILES string of the molecule is O=C(NC(Cc1cnc[nH]1)C(=O)O)c1ccc(Cl)c(Cl)c1. The van der Waals surface area contributed by atoms with Crippen molar-refractivity contribution in [1.82, 2.24) is 15.3 Å². The molecule has 0 aliphatic heterocycles. The first-order valence-corrected chi connectivity index (χ1v) is 6.69. The molecule has 0 fully saturated rings. The van der Waals surface area contributed by atoms with Gasteiger partial charge in [-0.05, 0) is 18.2 Å². The average Bonchev–Trinajstić information content (AvgIpc) is 2.93. The summed E-state index contributed by atoms with van der Waals surface area (Å²) in [7, 11) is 0. The Bertz CT molecular complexity index is 659. The lowest BCUT2D eigenvalue weighted by Gasteiger charge is -2.14. The Labute approximate surface area is 130 Å². The number of benzene rings is 1. The van der Waals surface area contributed by atoms with Crippen LogP contribution in [0.3, 0.4) is 0 Å². The standard InChI is InChI=1S/C13H11Cl2N3O3/c14-9-2-1-7(3-10(9)15)12(19)18-11(13(20)21)4-8-5-16-6-17-8/h1-3,5-6,11H,4H2,(H,16,17)(H,18,19)(H,20,21). The number of aromatic amines is 1. The highest BCUT2D eigenvalue weighted by molar-refractivity contribution is 6.42. The van der Waals surface area contributed by atoms with Gasteiger partial charge in [-0.2, -0.15) is 0 Å². The molecule has 3 N–H and O–H groups in total. The molecule has 1 aromatic carbocycles. The Kier molecular flexibility index (Phi) is 4.82. The number of H-pyrrole nitrogens is 1.